The third-order valence-corrected chi connectivity index (χ3v) is 4.93. The Morgan fingerprint density at radius 3 is 2.46 bits per heavy atom. The number of para-hydroxylation sites is 2. The van der Waals surface area contributed by atoms with Crippen LogP contribution in [0.3, 0.4) is 0 Å². The Morgan fingerprint density at radius 1 is 1.15 bits per heavy atom. The van der Waals surface area contributed by atoms with Crippen LogP contribution in [0.5, 0.6) is 0 Å². The Kier molecular flexibility index (Phi) is 5.12. The molecule has 1 amide bonds. The van der Waals surface area contributed by atoms with Crippen LogP contribution in [0.4, 0.5) is 0 Å². The molecule has 136 valence electrons. The number of amides is 1. The SMILES string of the molecule is CCC(=O)NC(C)c1nc2ccccc2n1Cc1c(C)cc(C)cc1C. The fourth-order valence-electron chi connectivity index (χ4n) is 3.62. The topological polar surface area (TPSA) is 46.9 Å². The van der Waals surface area contributed by atoms with Gasteiger partial charge in [-0.25, -0.2) is 4.98 Å². The normalized spacial score (nSPS) is 12.3. The highest BCUT2D eigenvalue weighted by atomic mass is 16.1. The molecule has 1 atom stereocenters. The molecule has 3 aromatic rings. The van der Waals surface area contributed by atoms with Gasteiger partial charge in [-0.05, 0) is 56.5 Å². The molecule has 1 unspecified atom stereocenters. The summed E-state index contributed by atoms with van der Waals surface area (Å²) in [6, 6.07) is 12.5. The lowest BCUT2D eigenvalue weighted by molar-refractivity contribution is -0.121. The first-order valence-electron chi connectivity index (χ1n) is 9.22. The van der Waals surface area contributed by atoms with E-state index in [1.165, 1.54) is 22.3 Å². The summed E-state index contributed by atoms with van der Waals surface area (Å²) in [7, 11) is 0. The first-order chi connectivity index (χ1) is 12.4. The largest absolute Gasteiger partial charge is 0.346 e. The molecule has 3 rings (SSSR count). The summed E-state index contributed by atoms with van der Waals surface area (Å²) >= 11 is 0. The summed E-state index contributed by atoms with van der Waals surface area (Å²) in [5.74, 6) is 0.936. The van der Waals surface area contributed by atoms with Gasteiger partial charge in [0.2, 0.25) is 5.91 Å². The van der Waals surface area contributed by atoms with E-state index in [9.17, 15) is 4.79 Å². The summed E-state index contributed by atoms with van der Waals surface area (Å²) in [6.07, 6.45) is 0.473. The van der Waals surface area contributed by atoms with Crippen LogP contribution in [0.2, 0.25) is 0 Å². The summed E-state index contributed by atoms with van der Waals surface area (Å²) in [5, 5.41) is 3.05. The van der Waals surface area contributed by atoms with E-state index in [0.717, 1.165) is 23.4 Å². The number of nitrogens with zero attached hydrogens (tertiary/aromatic N) is 2. The van der Waals surface area contributed by atoms with E-state index in [4.69, 9.17) is 4.98 Å². The number of rotatable bonds is 5. The van der Waals surface area contributed by atoms with Gasteiger partial charge in [0.05, 0.1) is 17.1 Å². The maximum atomic E-state index is 11.9. The third-order valence-electron chi connectivity index (χ3n) is 4.93. The van der Waals surface area contributed by atoms with Gasteiger partial charge in [0.1, 0.15) is 5.82 Å². The summed E-state index contributed by atoms with van der Waals surface area (Å²) in [6.45, 7) is 11.1. The zero-order valence-corrected chi connectivity index (χ0v) is 16.3. The van der Waals surface area contributed by atoms with Gasteiger partial charge in [-0.2, -0.15) is 0 Å². The highest BCUT2D eigenvalue weighted by molar-refractivity contribution is 5.78. The number of hydrogen-bond acceptors (Lipinski definition) is 2. The van der Waals surface area contributed by atoms with Crippen molar-refractivity contribution < 1.29 is 4.79 Å². The Morgan fingerprint density at radius 2 is 1.81 bits per heavy atom. The van der Waals surface area contributed by atoms with E-state index in [1.54, 1.807) is 0 Å². The molecule has 0 saturated carbocycles. The smallest absolute Gasteiger partial charge is 0.220 e. The van der Waals surface area contributed by atoms with Crippen LogP contribution in [-0.4, -0.2) is 15.5 Å². The van der Waals surface area contributed by atoms with Crippen LogP contribution >= 0.6 is 0 Å². The van der Waals surface area contributed by atoms with Crippen LogP contribution in [0, 0.1) is 20.8 Å². The molecule has 0 fully saturated rings. The summed E-state index contributed by atoms with van der Waals surface area (Å²) in [4.78, 5) is 16.7. The summed E-state index contributed by atoms with van der Waals surface area (Å²) in [5.41, 5.74) is 7.23. The molecule has 4 nitrogen and oxygen atoms in total. The van der Waals surface area contributed by atoms with Gasteiger partial charge < -0.3 is 9.88 Å². The van der Waals surface area contributed by atoms with Crippen molar-refractivity contribution in [3.05, 3.63) is 64.5 Å². The molecular weight excluding hydrogens is 322 g/mol. The second-order valence-corrected chi connectivity index (χ2v) is 7.06. The predicted octanol–water partition coefficient (Wildman–Crippen LogP) is 4.60. The first kappa shape index (κ1) is 18.2. The number of aryl methyl sites for hydroxylation is 3. The standard InChI is InChI=1S/C22H27N3O/c1-6-21(26)23-17(5)22-24-19-9-7-8-10-20(19)25(22)13-18-15(3)11-14(2)12-16(18)4/h7-12,17H,6,13H2,1-5H3,(H,23,26). The van der Waals surface area contributed by atoms with E-state index < -0.39 is 0 Å². The molecular formula is C22H27N3O. The van der Waals surface area contributed by atoms with E-state index >= 15 is 0 Å². The fraction of sp³-hybridized carbons (Fsp3) is 0.364. The average molecular weight is 349 g/mol. The van der Waals surface area contributed by atoms with Gasteiger partial charge in [0, 0.05) is 13.0 Å². The van der Waals surface area contributed by atoms with Crippen LogP contribution < -0.4 is 5.32 Å². The number of carbonyl (C=O) groups excluding carboxylic acids is 1. The van der Waals surface area contributed by atoms with Crippen molar-refractivity contribution in [3.8, 4) is 0 Å². The van der Waals surface area contributed by atoms with E-state index in [1.807, 2.05) is 32.0 Å². The lowest BCUT2D eigenvalue weighted by atomic mass is 9.99. The van der Waals surface area contributed by atoms with Gasteiger partial charge in [0.15, 0.2) is 0 Å². The van der Waals surface area contributed by atoms with Crippen molar-refractivity contribution in [1.82, 2.24) is 14.9 Å². The Balaban J connectivity index is 2.09. The molecule has 0 saturated heterocycles. The molecule has 4 heteroatoms. The van der Waals surface area contributed by atoms with Crippen molar-refractivity contribution in [2.45, 2.75) is 53.6 Å². The first-order valence-corrected chi connectivity index (χ1v) is 9.22. The van der Waals surface area contributed by atoms with Crippen molar-refractivity contribution >= 4 is 16.9 Å². The molecule has 0 radical (unpaired) electrons. The molecule has 0 spiro atoms. The molecule has 0 aliphatic rings. The molecule has 0 aliphatic carbocycles. The number of nitrogens with one attached hydrogen (secondary N) is 1. The highest BCUT2D eigenvalue weighted by Crippen LogP contribution is 2.25. The molecule has 0 aliphatic heterocycles. The predicted molar refractivity (Wildman–Crippen MR) is 106 cm³/mol. The van der Waals surface area contributed by atoms with Crippen molar-refractivity contribution in [3.63, 3.8) is 0 Å². The fourth-order valence-corrected chi connectivity index (χ4v) is 3.62. The molecule has 1 heterocycles. The molecule has 1 N–H and O–H groups in total. The zero-order valence-electron chi connectivity index (χ0n) is 16.3. The Bertz CT molecular complexity index is 932. The number of fused-ring (bicyclic) bond motifs is 1. The van der Waals surface area contributed by atoms with Gasteiger partial charge in [-0.1, -0.05) is 36.8 Å². The minimum atomic E-state index is -0.138. The molecule has 26 heavy (non-hydrogen) atoms. The van der Waals surface area contributed by atoms with E-state index in [-0.39, 0.29) is 11.9 Å². The summed E-state index contributed by atoms with van der Waals surface area (Å²) < 4.78 is 2.24. The second-order valence-electron chi connectivity index (χ2n) is 7.06. The number of carbonyl (C=O) groups is 1. The number of aromatic nitrogens is 2. The van der Waals surface area contributed by atoms with E-state index in [0.29, 0.717) is 6.42 Å². The Hall–Kier alpha value is -2.62. The molecule has 1 aromatic heterocycles. The monoisotopic (exact) mass is 349 g/mol. The van der Waals surface area contributed by atoms with Crippen LogP contribution in [0.15, 0.2) is 36.4 Å². The minimum Gasteiger partial charge on any atom is -0.346 e. The maximum Gasteiger partial charge on any atom is 0.220 e. The van der Waals surface area contributed by atoms with Gasteiger partial charge >= 0.3 is 0 Å². The van der Waals surface area contributed by atoms with Crippen LogP contribution in [-0.2, 0) is 11.3 Å². The van der Waals surface area contributed by atoms with Gasteiger partial charge in [-0.3, -0.25) is 4.79 Å². The maximum absolute atomic E-state index is 11.9. The lowest BCUT2D eigenvalue weighted by Crippen LogP contribution is -2.28. The zero-order chi connectivity index (χ0) is 18.8. The number of imidazole rings is 1. The van der Waals surface area contributed by atoms with Crippen LogP contribution in [0.25, 0.3) is 11.0 Å². The second kappa shape index (κ2) is 7.32. The quantitative estimate of drug-likeness (QED) is 0.732. The highest BCUT2D eigenvalue weighted by Gasteiger charge is 2.19. The van der Waals surface area contributed by atoms with Crippen molar-refractivity contribution in [1.29, 1.82) is 0 Å². The lowest BCUT2D eigenvalue weighted by Gasteiger charge is -2.18. The molecule has 2 aromatic carbocycles. The van der Waals surface area contributed by atoms with Gasteiger partial charge in [-0.15, -0.1) is 0 Å². The van der Waals surface area contributed by atoms with Gasteiger partial charge in [0.25, 0.3) is 0 Å². The average Bonchev–Trinajstić information content (AvgIpc) is 2.96. The minimum absolute atomic E-state index is 0.0406. The third kappa shape index (κ3) is 3.50. The van der Waals surface area contributed by atoms with Crippen molar-refractivity contribution in [2.75, 3.05) is 0 Å². The number of benzene rings is 2. The van der Waals surface area contributed by atoms with Crippen molar-refractivity contribution in [2.24, 2.45) is 0 Å². The van der Waals surface area contributed by atoms with Crippen LogP contribution in [0.1, 0.15) is 54.4 Å². The Labute approximate surface area is 155 Å². The van der Waals surface area contributed by atoms with E-state index in [2.05, 4.69) is 48.9 Å². The number of hydrogen-bond donors (Lipinski definition) is 1. The molecule has 0 bridgehead atoms.